The van der Waals surface area contributed by atoms with Crippen molar-refractivity contribution in [3.05, 3.63) is 76.4 Å². The first-order valence-electron chi connectivity index (χ1n) is 6.51. The number of aryl methyl sites for hydroxylation is 1. The predicted octanol–water partition coefficient (Wildman–Crippen LogP) is 4.24. The van der Waals surface area contributed by atoms with Crippen LogP contribution in [0.1, 0.15) is 22.7 Å². The molecule has 1 atom stereocenters. The zero-order chi connectivity index (χ0) is 14.1. The fraction of sp³-hybridized carbons (Fsp3) is 0.118. The van der Waals surface area contributed by atoms with Crippen molar-refractivity contribution in [2.24, 2.45) is 5.73 Å². The summed E-state index contributed by atoms with van der Waals surface area (Å²) < 4.78 is 0. The summed E-state index contributed by atoms with van der Waals surface area (Å²) >= 11 is 6.07. The molecular weight excluding hydrogens is 268 g/mol. The van der Waals surface area contributed by atoms with Crippen LogP contribution in [0.4, 0.5) is 0 Å². The van der Waals surface area contributed by atoms with E-state index in [1.165, 1.54) is 0 Å². The maximum atomic E-state index is 6.38. The average molecular weight is 283 g/mol. The molecule has 0 aliphatic carbocycles. The van der Waals surface area contributed by atoms with Crippen LogP contribution in [0, 0.1) is 6.92 Å². The summed E-state index contributed by atoms with van der Waals surface area (Å²) in [5, 5.41) is 1.80. The van der Waals surface area contributed by atoms with E-state index in [0.29, 0.717) is 5.02 Å². The minimum Gasteiger partial charge on any atom is -0.320 e. The zero-order valence-corrected chi connectivity index (χ0v) is 11.9. The average Bonchev–Trinajstić information content (AvgIpc) is 2.48. The molecule has 100 valence electrons. The first-order chi connectivity index (χ1) is 9.65. The fourth-order valence-corrected chi connectivity index (χ4v) is 2.56. The molecule has 0 spiro atoms. The van der Waals surface area contributed by atoms with Gasteiger partial charge in [-0.25, -0.2) is 0 Å². The molecule has 2 aromatic carbocycles. The highest BCUT2D eigenvalue weighted by Gasteiger charge is 2.13. The Morgan fingerprint density at radius 1 is 1.10 bits per heavy atom. The van der Waals surface area contributed by atoms with E-state index < -0.39 is 0 Å². The van der Waals surface area contributed by atoms with Gasteiger partial charge >= 0.3 is 0 Å². The van der Waals surface area contributed by atoms with Gasteiger partial charge in [-0.1, -0.05) is 35.9 Å². The Balaban J connectivity index is 2.07. The Morgan fingerprint density at radius 2 is 1.90 bits per heavy atom. The van der Waals surface area contributed by atoms with Gasteiger partial charge in [0.25, 0.3) is 0 Å². The van der Waals surface area contributed by atoms with Gasteiger partial charge in [0, 0.05) is 16.6 Å². The third kappa shape index (κ3) is 2.40. The summed E-state index contributed by atoms with van der Waals surface area (Å²) in [4.78, 5) is 4.47. The van der Waals surface area contributed by atoms with Crippen molar-refractivity contribution >= 4 is 22.5 Å². The molecule has 3 rings (SSSR count). The monoisotopic (exact) mass is 282 g/mol. The highest BCUT2D eigenvalue weighted by Crippen LogP contribution is 2.26. The Hall–Kier alpha value is -1.90. The quantitative estimate of drug-likeness (QED) is 0.763. The molecule has 0 saturated carbocycles. The number of hydrogen-bond acceptors (Lipinski definition) is 2. The smallest absolute Gasteiger partial charge is 0.0702 e. The number of rotatable bonds is 2. The van der Waals surface area contributed by atoms with E-state index >= 15 is 0 Å². The minimum atomic E-state index is -0.217. The van der Waals surface area contributed by atoms with Gasteiger partial charge in [0.15, 0.2) is 0 Å². The van der Waals surface area contributed by atoms with Gasteiger partial charge in [0.2, 0.25) is 0 Å². The topological polar surface area (TPSA) is 38.9 Å². The number of pyridine rings is 1. The number of nitrogens with two attached hydrogens (primary N) is 1. The molecule has 0 amide bonds. The van der Waals surface area contributed by atoms with E-state index in [9.17, 15) is 0 Å². The molecule has 0 radical (unpaired) electrons. The number of hydrogen-bond donors (Lipinski definition) is 1. The predicted molar refractivity (Wildman–Crippen MR) is 84.0 cm³/mol. The molecule has 1 aromatic heterocycles. The lowest BCUT2D eigenvalue weighted by Crippen LogP contribution is -2.13. The van der Waals surface area contributed by atoms with Gasteiger partial charge in [0.1, 0.15) is 0 Å². The molecule has 3 heteroatoms. The summed E-state index contributed by atoms with van der Waals surface area (Å²) in [5.74, 6) is 0. The number of fused-ring (bicyclic) bond motifs is 1. The Kier molecular flexibility index (Phi) is 3.43. The normalized spacial score (nSPS) is 12.6. The number of para-hydroxylation sites is 1. The van der Waals surface area contributed by atoms with Crippen LogP contribution in [0.2, 0.25) is 5.02 Å². The summed E-state index contributed by atoms with van der Waals surface area (Å²) in [7, 11) is 0. The van der Waals surface area contributed by atoms with Crippen LogP contribution in [0.25, 0.3) is 10.9 Å². The van der Waals surface area contributed by atoms with Gasteiger partial charge in [0.05, 0.1) is 11.6 Å². The molecular formula is C17H15ClN2. The van der Waals surface area contributed by atoms with E-state index in [-0.39, 0.29) is 6.04 Å². The summed E-state index contributed by atoms with van der Waals surface area (Å²) in [6.45, 7) is 2.04. The zero-order valence-electron chi connectivity index (χ0n) is 11.2. The van der Waals surface area contributed by atoms with Crippen LogP contribution < -0.4 is 5.73 Å². The second-order valence-electron chi connectivity index (χ2n) is 4.94. The van der Waals surface area contributed by atoms with Gasteiger partial charge in [-0.3, -0.25) is 4.98 Å². The third-order valence-corrected chi connectivity index (χ3v) is 3.78. The van der Waals surface area contributed by atoms with Crippen molar-refractivity contribution < 1.29 is 0 Å². The lowest BCUT2D eigenvalue weighted by molar-refractivity contribution is 0.857. The second kappa shape index (κ2) is 5.23. The first-order valence-corrected chi connectivity index (χ1v) is 6.89. The summed E-state index contributed by atoms with van der Waals surface area (Å²) in [5.41, 5.74) is 10.5. The maximum Gasteiger partial charge on any atom is 0.0702 e. The van der Waals surface area contributed by atoms with Crippen LogP contribution in [-0.4, -0.2) is 4.98 Å². The third-order valence-electron chi connectivity index (χ3n) is 3.55. The van der Waals surface area contributed by atoms with E-state index in [4.69, 9.17) is 17.3 Å². The van der Waals surface area contributed by atoms with Crippen LogP contribution in [0.15, 0.2) is 54.7 Å². The van der Waals surface area contributed by atoms with Crippen molar-refractivity contribution in [1.29, 1.82) is 0 Å². The van der Waals surface area contributed by atoms with E-state index in [1.807, 2.05) is 55.6 Å². The van der Waals surface area contributed by atoms with E-state index in [2.05, 4.69) is 11.1 Å². The lowest BCUT2D eigenvalue weighted by Gasteiger charge is -2.16. The molecule has 0 fully saturated rings. The number of aromatic nitrogens is 1. The van der Waals surface area contributed by atoms with Crippen molar-refractivity contribution in [3.8, 4) is 0 Å². The van der Waals surface area contributed by atoms with Gasteiger partial charge in [-0.15, -0.1) is 0 Å². The second-order valence-corrected chi connectivity index (χ2v) is 5.38. The largest absolute Gasteiger partial charge is 0.320 e. The van der Waals surface area contributed by atoms with Crippen LogP contribution >= 0.6 is 11.6 Å². The highest BCUT2D eigenvalue weighted by atomic mass is 35.5. The van der Waals surface area contributed by atoms with Crippen molar-refractivity contribution in [2.75, 3.05) is 0 Å². The van der Waals surface area contributed by atoms with Crippen molar-refractivity contribution in [2.45, 2.75) is 13.0 Å². The van der Waals surface area contributed by atoms with Crippen LogP contribution in [0.5, 0.6) is 0 Å². The molecule has 1 unspecified atom stereocenters. The summed E-state index contributed by atoms with van der Waals surface area (Å²) in [6, 6.07) is 15.7. The van der Waals surface area contributed by atoms with Crippen molar-refractivity contribution in [3.63, 3.8) is 0 Å². The standard InChI is InChI=1S/C17H15ClN2/c1-11-6-7-14(18)9-15(11)17(19)13-8-12-4-2-3-5-16(12)20-10-13/h2-10,17H,19H2,1H3. The van der Waals surface area contributed by atoms with Gasteiger partial charge in [-0.05, 0) is 47.9 Å². The van der Waals surface area contributed by atoms with Gasteiger partial charge < -0.3 is 5.73 Å². The molecule has 0 aliphatic rings. The van der Waals surface area contributed by atoms with Crippen molar-refractivity contribution in [1.82, 2.24) is 4.98 Å². The summed E-state index contributed by atoms with van der Waals surface area (Å²) in [6.07, 6.45) is 1.84. The Morgan fingerprint density at radius 3 is 2.75 bits per heavy atom. The number of halogens is 1. The molecule has 3 aromatic rings. The fourth-order valence-electron chi connectivity index (χ4n) is 2.38. The molecule has 2 N–H and O–H groups in total. The molecule has 20 heavy (non-hydrogen) atoms. The molecule has 0 aliphatic heterocycles. The maximum absolute atomic E-state index is 6.38. The Bertz CT molecular complexity index is 768. The minimum absolute atomic E-state index is 0.217. The first kappa shape index (κ1) is 13.1. The van der Waals surface area contributed by atoms with Crippen LogP contribution in [-0.2, 0) is 0 Å². The number of benzene rings is 2. The van der Waals surface area contributed by atoms with E-state index in [0.717, 1.165) is 27.6 Å². The highest BCUT2D eigenvalue weighted by molar-refractivity contribution is 6.30. The molecule has 2 nitrogen and oxygen atoms in total. The Labute approximate surface area is 123 Å². The number of nitrogens with zero attached hydrogens (tertiary/aromatic N) is 1. The van der Waals surface area contributed by atoms with Crippen LogP contribution in [0.3, 0.4) is 0 Å². The van der Waals surface area contributed by atoms with Gasteiger partial charge in [-0.2, -0.15) is 0 Å². The molecule has 1 heterocycles. The SMILES string of the molecule is Cc1ccc(Cl)cc1C(N)c1cnc2ccccc2c1. The molecule has 0 bridgehead atoms. The lowest BCUT2D eigenvalue weighted by atomic mass is 9.96. The molecule has 0 saturated heterocycles. The van der Waals surface area contributed by atoms with E-state index in [1.54, 1.807) is 0 Å².